The topological polar surface area (TPSA) is 78.0 Å². The molecule has 1 amide bonds. The van der Waals surface area contributed by atoms with Crippen molar-refractivity contribution < 1.29 is 9.90 Å². The molecule has 1 aromatic heterocycles. The first-order valence-corrected chi connectivity index (χ1v) is 3.71. The normalized spacial score (nSPS) is 9.83. The molecule has 0 saturated carbocycles. The molecule has 0 saturated heterocycles. The first-order valence-electron chi connectivity index (χ1n) is 3.33. The maximum atomic E-state index is 11.1. The molecular formula is C6H8ClN3O2. The van der Waals surface area contributed by atoms with Gasteiger partial charge in [-0.25, -0.2) is 0 Å². The fourth-order valence-corrected chi connectivity index (χ4v) is 0.865. The number of H-pyrrole nitrogens is 1. The van der Waals surface area contributed by atoms with E-state index >= 15 is 0 Å². The highest BCUT2D eigenvalue weighted by molar-refractivity contribution is 6.33. The zero-order valence-electron chi connectivity index (χ0n) is 6.17. The number of carbonyl (C=O) groups excluding carboxylic acids is 1. The van der Waals surface area contributed by atoms with Crippen molar-refractivity contribution in [3.8, 4) is 0 Å². The minimum atomic E-state index is -0.369. The number of aliphatic hydroxyl groups excluding tert-OH is 1. The number of nitrogens with one attached hydrogen (secondary N) is 2. The Hall–Kier alpha value is -1.07. The molecule has 0 spiro atoms. The lowest BCUT2D eigenvalue weighted by Crippen LogP contribution is -2.26. The van der Waals surface area contributed by atoms with Crippen molar-refractivity contribution in [2.45, 2.75) is 0 Å². The fourth-order valence-electron chi connectivity index (χ4n) is 0.689. The van der Waals surface area contributed by atoms with E-state index in [4.69, 9.17) is 16.7 Å². The van der Waals surface area contributed by atoms with E-state index in [2.05, 4.69) is 15.5 Å². The van der Waals surface area contributed by atoms with Gasteiger partial charge in [0.2, 0.25) is 0 Å². The summed E-state index contributed by atoms with van der Waals surface area (Å²) in [5.41, 5.74) is 0.213. The third kappa shape index (κ3) is 1.96. The Kier molecular flexibility index (Phi) is 3.07. The Labute approximate surface area is 73.7 Å². The second-order valence-electron chi connectivity index (χ2n) is 2.07. The summed E-state index contributed by atoms with van der Waals surface area (Å²) in [5.74, 6) is -0.369. The van der Waals surface area contributed by atoms with Gasteiger partial charge in [0.1, 0.15) is 5.69 Å². The van der Waals surface area contributed by atoms with Crippen molar-refractivity contribution in [3.05, 3.63) is 16.9 Å². The molecule has 3 N–H and O–H groups in total. The summed E-state index contributed by atoms with van der Waals surface area (Å²) < 4.78 is 0. The highest BCUT2D eigenvalue weighted by Gasteiger charge is 2.10. The van der Waals surface area contributed by atoms with Gasteiger partial charge in [0.25, 0.3) is 5.91 Å². The molecule has 0 aliphatic heterocycles. The molecule has 0 aliphatic carbocycles. The summed E-state index contributed by atoms with van der Waals surface area (Å²) >= 11 is 5.60. The summed E-state index contributed by atoms with van der Waals surface area (Å²) in [7, 11) is 0. The number of aliphatic hydroxyl groups is 1. The number of amides is 1. The smallest absolute Gasteiger partial charge is 0.270 e. The van der Waals surface area contributed by atoms with Gasteiger partial charge in [-0.15, -0.1) is 0 Å². The van der Waals surface area contributed by atoms with Crippen LogP contribution in [-0.4, -0.2) is 34.4 Å². The van der Waals surface area contributed by atoms with E-state index in [0.717, 1.165) is 0 Å². The molecule has 0 aliphatic rings. The maximum Gasteiger partial charge on any atom is 0.270 e. The standard InChI is InChI=1S/C6H8ClN3O2/c7-4-3-9-10-5(4)6(12)8-1-2-11/h3,11H,1-2H2,(H,8,12)(H,9,10). The molecule has 6 heteroatoms. The van der Waals surface area contributed by atoms with Crippen LogP contribution < -0.4 is 5.32 Å². The van der Waals surface area contributed by atoms with Crippen LogP contribution in [0.2, 0.25) is 5.02 Å². The van der Waals surface area contributed by atoms with E-state index in [1.807, 2.05) is 0 Å². The number of aromatic nitrogens is 2. The van der Waals surface area contributed by atoms with E-state index in [9.17, 15) is 4.79 Å². The molecule has 0 aromatic carbocycles. The number of aromatic amines is 1. The van der Waals surface area contributed by atoms with E-state index in [1.165, 1.54) is 6.20 Å². The Balaban J connectivity index is 2.59. The average Bonchev–Trinajstić information content (AvgIpc) is 2.47. The van der Waals surface area contributed by atoms with Crippen LogP contribution in [0.15, 0.2) is 6.20 Å². The molecule has 0 unspecified atom stereocenters. The van der Waals surface area contributed by atoms with Gasteiger partial charge in [0.15, 0.2) is 0 Å². The second kappa shape index (κ2) is 4.08. The quantitative estimate of drug-likeness (QED) is 0.616. The minimum absolute atomic E-state index is 0.0997. The summed E-state index contributed by atoms with van der Waals surface area (Å²) in [6.45, 7) is 0.103. The lowest BCUT2D eigenvalue weighted by Gasteiger charge is -1.99. The van der Waals surface area contributed by atoms with Crippen LogP contribution in [-0.2, 0) is 0 Å². The number of nitrogens with zero attached hydrogens (tertiary/aromatic N) is 1. The maximum absolute atomic E-state index is 11.1. The second-order valence-corrected chi connectivity index (χ2v) is 2.48. The zero-order chi connectivity index (χ0) is 8.97. The fraction of sp³-hybridized carbons (Fsp3) is 0.333. The van der Waals surface area contributed by atoms with Crippen molar-refractivity contribution in [1.29, 1.82) is 0 Å². The van der Waals surface area contributed by atoms with Crippen molar-refractivity contribution in [3.63, 3.8) is 0 Å². The molecular weight excluding hydrogens is 182 g/mol. The van der Waals surface area contributed by atoms with Crippen molar-refractivity contribution in [2.24, 2.45) is 0 Å². The summed E-state index contributed by atoms with van der Waals surface area (Å²) in [4.78, 5) is 11.1. The van der Waals surface area contributed by atoms with Gasteiger partial charge in [0, 0.05) is 6.54 Å². The van der Waals surface area contributed by atoms with Crippen molar-refractivity contribution in [2.75, 3.05) is 13.2 Å². The van der Waals surface area contributed by atoms with Crippen LogP contribution in [0, 0.1) is 0 Å². The molecule has 0 atom stereocenters. The average molecular weight is 190 g/mol. The van der Waals surface area contributed by atoms with Gasteiger partial charge in [-0.3, -0.25) is 9.89 Å². The van der Waals surface area contributed by atoms with Crippen LogP contribution in [0.1, 0.15) is 10.5 Å². The minimum Gasteiger partial charge on any atom is -0.395 e. The van der Waals surface area contributed by atoms with E-state index < -0.39 is 0 Å². The van der Waals surface area contributed by atoms with E-state index in [0.29, 0.717) is 0 Å². The van der Waals surface area contributed by atoms with Crippen LogP contribution in [0.4, 0.5) is 0 Å². The van der Waals surface area contributed by atoms with Crippen LogP contribution in [0.25, 0.3) is 0 Å². The van der Waals surface area contributed by atoms with Gasteiger partial charge in [0.05, 0.1) is 17.8 Å². The summed E-state index contributed by atoms with van der Waals surface area (Å²) in [6.07, 6.45) is 1.34. The van der Waals surface area contributed by atoms with Gasteiger partial charge in [-0.1, -0.05) is 11.6 Å². The highest BCUT2D eigenvalue weighted by Crippen LogP contribution is 2.10. The monoisotopic (exact) mass is 189 g/mol. The first-order chi connectivity index (χ1) is 5.75. The predicted octanol–water partition coefficient (Wildman–Crippen LogP) is -0.215. The van der Waals surface area contributed by atoms with Crippen LogP contribution >= 0.6 is 11.6 Å². The molecule has 12 heavy (non-hydrogen) atoms. The molecule has 1 rings (SSSR count). The largest absolute Gasteiger partial charge is 0.395 e. The number of hydrogen-bond donors (Lipinski definition) is 3. The van der Waals surface area contributed by atoms with Gasteiger partial charge < -0.3 is 10.4 Å². The zero-order valence-corrected chi connectivity index (χ0v) is 6.93. The number of halogens is 1. The molecule has 5 nitrogen and oxygen atoms in total. The Bertz CT molecular complexity index is 274. The summed E-state index contributed by atoms with van der Waals surface area (Å²) in [6, 6.07) is 0. The number of carbonyl (C=O) groups is 1. The Morgan fingerprint density at radius 3 is 3.08 bits per heavy atom. The first kappa shape index (κ1) is 9.02. The lowest BCUT2D eigenvalue weighted by atomic mass is 10.4. The molecule has 1 heterocycles. The van der Waals surface area contributed by atoms with Crippen LogP contribution in [0.3, 0.4) is 0 Å². The van der Waals surface area contributed by atoms with Crippen molar-refractivity contribution in [1.82, 2.24) is 15.5 Å². The van der Waals surface area contributed by atoms with E-state index in [1.54, 1.807) is 0 Å². The van der Waals surface area contributed by atoms with Gasteiger partial charge >= 0.3 is 0 Å². The Morgan fingerprint density at radius 2 is 2.58 bits per heavy atom. The lowest BCUT2D eigenvalue weighted by molar-refractivity contribution is 0.0940. The number of rotatable bonds is 3. The van der Waals surface area contributed by atoms with E-state index in [-0.39, 0.29) is 29.8 Å². The summed E-state index contributed by atoms with van der Waals surface area (Å²) in [5, 5.41) is 17.1. The molecule has 66 valence electrons. The third-order valence-electron chi connectivity index (χ3n) is 1.22. The number of hydrogen-bond acceptors (Lipinski definition) is 3. The molecule has 0 radical (unpaired) electrons. The molecule has 0 fully saturated rings. The Morgan fingerprint density at radius 1 is 1.83 bits per heavy atom. The van der Waals surface area contributed by atoms with Crippen LogP contribution in [0.5, 0.6) is 0 Å². The molecule has 1 aromatic rings. The third-order valence-corrected chi connectivity index (χ3v) is 1.50. The SMILES string of the molecule is O=C(NCCO)c1[nH]ncc1Cl. The highest BCUT2D eigenvalue weighted by atomic mass is 35.5. The van der Waals surface area contributed by atoms with Crippen molar-refractivity contribution >= 4 is 17.5 Å². The molecule has 0 bridgehead atoms. The van der Waals surface area contributed by atoms with Gasteiger partial charge in [-0.05, 0) is 0 Å². The van der Waals surface area contributed by atoms with Gasteiger partial charge in [-0.2, -0.15) is 5.10 Å². The predicted molar refractivity (Wildman–Crippen MR) is 43.0 cm³/mol.